The molecule has 1 unspecified atom stereocenters. The predicted molar refractivity (Wildman–Crippen MR) is 42.0 cm³/mol. The molecule has 0 bridgehead atoms. The highest BCUT2D eigenvalue weighted by Gasteiger charge is 2.41. The lowest BCUT2D eigenvalue weighted by Gasteiger charge is -2.12. The molecule has 0 amide bonds. The van der Waals surface area contributed by atoms with E-state index in [0.29, 0.717) is 0 Å². The van der Waals surface area contributed by atoms with E-state index in [0.717, 1.165) is 5.75 Å². The molecule has 1 aliphatic rings. The fraction of sp³-hybridized carbons (Fsp3) is 0.857. The largest absolute Gasteiger partial charge is 0.363 e. The number of hydrogen-bond donors (Lipinski definition) is 0. The van der Waals surface area contributed by atoms with Gasteiger partial charge in [0.2, 0.25) is 0 Å². The van der Waals surface area contributed by atoms with Crippen molar-refractivity contribution < 1.29 is 9.53 Å². The van der Waals surface area contributed by atoms with Crippen molar-refractivity contribution in [1.29, 1.82) is 0 Å². The maximum Gasteiger partial charge on any atom is 0.178 e. The molecular weight excluding hydrogens is 148 g/mol. The first kappa shape index (κ1) is 8.08. The van der Waals surface area contributed by atoms with Gasteiger partial charge in [-0.25, -0.2) is 0 Å². The van der Waals surface area contributed by atoms with Gasteiger partial charge >= 0.3 is 0 Å². The Labute approximate surface area is 65.3 Å². The third-order valence-electron chi connectivity index (χ3n) is 1.69. The molecular formula is C7H12O2S. The van der Waals surface area contributed by atoms with E-state index in [9.17, 15) is 4.79 Å². The highest BCUT2D eigenvalue weighted by atomic mass is 32.2. The van der Waals surface area contributed by atoms with Gasteiger partial charge < -0.3 is 4.74 Å². The Morgan fingerprint density at radius 3 is 2.50 bits per heavy atom. The number of ether oxygens (including phenoxy) is 1. The van der Waals surface area contributed by atoms with Crippen LogP contribution in [0.4, 0.5) is 0 Å². The lowest BCUT2D eigenvalue weighted by Crippen LogP contribution is -2.26. The molecule has 0 aliphatic carbocycles. The van der Waals surface area contributed by atoms with Crippen molar-refractivity contribution in [2.45, 2.75) is 19.3 Å². The highest BCUT2D eigenvalue weighted by molar-refractivity contribution is 8.01. The molecule has 0 aromatic rings. The number of hydrogen-bond acceptors (Lipinski definition) is 3. The Hall–Kier alpha value is -0.0200. The summed E-state index contributed by atoms with van der Waals surface area (Å²) in [6, 6.07) is 0. The third kappa shape index (κ3) is 1.20. The number of Topliss-reactive ketones (excluding diaryl/α,β-unsaturated/α-hetero) is 1. The summed E-state index contributed by atoms with van der Waals surface area (Å²) in [5.74, 6) is 1.10. The quantitative estimate of drug-likeness (QED) is 0.578. The zero-order valence-electron chi connectivity index (χ0n) is 6.51. The Morgan fingerprint density at radius 2 is 2.30 bits per heavy atom. The molecule has 0 aromatic carbocycles. The number of carbonyl (C=O) groups is 1. The zero-order chi connectivity index (χ0) is 7.78. The number of thioether (sulfide) groups is 1. The third-order valence-corrected chi connectivity index (χ3v) is 3.29. The Balaban J connectivity index is 2.67. The van der Waals surface area contributed by atoms with Crippen molar-refractivity contribution in [2.75, 3.05) is 12.9 Å². The van der Waals surface area contributed by atoms with Gasteiger partial charge in [0.25, 0.3) is 0 Å². The maximum absolute atomic E-state index is 11.3. The van der Waals surface area contributed by atoms with Gasteiger partial charge in [-0.1, -0.05) is 13.8 Å². The van der Waals surface area contributed by atoms with Crippen molar-refractivity contribution in [2.24, 2.45) is 5.41 Å². The van der Waals surface area contributed by atoms with Gasteiger partial charge in [0.15, 0.2) is 11.2 Å². The van der Waals surface area contributed by atoms with Gasteiger partial charge in [0, 0.05) is 18.3 Å². The van der Waals surface area contributed by atoms with Crippen LogP contribution in [0.3, 0.4) is 0 Å². The van der Waals surface area contributed by atoms with Crippen molar-refractivity contribution in [3.05, 3.63) is 0 Å². The molecule has 1 saturated heterocycles. The van der Waals surface area contributed by atoms with Crippen molar-refractivity contribution in [1.82, 2.24) is 0 Å². The Bertz CT molecular complexity index is 154. The summed E-state index contributed by atoms with van der Waals surface area (Å²) in [6.45, 7) is 3.92. The fourth-order valence-corrected chi connectivity index (χ4v) is 2.24. The first-order valence-corrected chi connectivity index (χ1v) is 4.31. The van der Waals surface area contributed by atoms with E-state index < -0.39 is 0 Å². The molecule has 0 aromatic heterocycles. The molecule has 3 heteroatoms. The maximum atomic E-state index is 11.3. The molecule has 0 saturated carbocycles. The average molecular weight is 160 g/mol. The second-order valence-corrected chi connectivity index (χ2v) is 4.18. The smallest absolute Gasteiger partial charge is 0.178 e. The summed E-state index contributed by atoms with van der Waals surface area (Å²) in [5, 5.41) is 0. The SMILES string of the molecule is COC1SCC(C)(C)C1=O. The molecule has 0 radical (unpaired) electrons. The Morgan fingerprint density at radius 1 is 1.70 bits per heavy atom. The fourth-order valence-electron chi connectivity index (χ4n) is 0.925. The summed E-state index contributed by atoms with van der Waals surface area (Å²) in [6.07, 6.45) is 0. The molecule has 0 spiro atoms. The highest BCUT2D eigenvalue weighted by Crippen LogP contribution is 2.37. The van der Waals surface area contributed by atoms with E-state index in [-0.39, 0.29) is 16.6 Å². The van der Waals surface area contributed by atoms with Gasteiger partial charge in [-0.3, -0.25) is 4.79 Å². The van der Waals surface area contributed by atoms with Crippen LogP contribution in [0.1, 0.15) is 13.8 Å². The van der Waals surface area contributed by atoms with Crippen LogP contribution in [0.25, 0.3) is 0 Å². The van der Waals surface area contributed by atoms with E-state index in [1.165, 1.54) is 0 Å². The van der Waals surface area contributed by atoms with Crippen LogP contribution in [0.5, 0.6) is 0 Å². The van der Waals surface area contributed by atoms with E-state index in [2.05, 4.69) is 0 Å². The Kier molecular flexibility index (Phi) is 2.06. The van der Waals surface area contributed by atoms with Crippen molar-refractivity contribution in [3.8, 4) is 0 Å². The van der Waals surface area contributed by atoms with Gasteiger partial charge in [0.05, 0.1) is 0 Å². The standard InChI is InChI=1S/C7H12O2S/c1-7(2)4-10-6(9-3)5(7)8/h6H,4H2,1-3H3. The van der Waals surface area contributed by atoms with Crippen LogP contribution in [0.15, 0.2) is 0 Å². The molecule has 1 heterocycles. The van der Waals surface area contributed by atoms with Crippen LogP contribution in [-0.4, -0.2) is 24.1 Å². The average Bonchev–Trinajstić information content (AvgIpc) is 2.10. The molecule has 1 fully saturated rings. The van der Waals surface area contributed by atoms with Gasteiger partial charge in [-0.15, -0.1) is 11.8 Å². The summed E-state index contributed by atoms with van der Waals surface area (Å²) in [5.41, 5.74) is -0.388. The minimum atomic E-state index is -0.213. The predicted octanol–water partition coefficient (Wildman–Crippen LogP) is 1.30. The van der Waals surface area contributed by atoms with Crippen LogP contribution in [0.2, 0.25) is 0 Å². The number of ketones is 1. The molecule has 10 heavy (non-hydrogen) atoms. The number of carbonyl (C=O) groups excluding carboxylic acids is 1. The summed E-state index contributed by atoms with van der Waals surface area (Å²) in [7, 11) is 1.58. The van der Waals surface area contributed by atoms with Crippen LogP contribution < -0.4 is 0 Å². The summed E-state index contributed by atoms with van der Waals surface area (Å²) < 4.78 is 4.97. The van der Waals surface area contributed by atoms with Crippen molar-refractivity contribution in [3.63, 3.8) is 0 Å². The second-order valence-electron chi connectivity index (χ2n) is 3.13. The van der Waals surface area contributed by atoms with Crippen LogP contribution >= 0.6 is 11.8 Å². The zero-order valence-corrected chi connectivity index (χ0v) is 7.33. The van der Waals surface area contributed by atoms with E-state index in [4.69, 9.17) is 4.74 Å². The van der Waals surface area contributed by atoms with E-state index in [1.54, 1.807) is 18.9 Å². The molecule has 58 valence electrons. The summed E-state index contributed by atoms with van der Waals surface area (Å²) in [4.78, 5) is 11.3. The molecule has 1 atom stereocenters. The topological polar surface area (TPSA) is 26.3 Å². The lowest BCUT2D eigenvalue weighted by molar-refractivity contribution is -0.130. The summed E-state index contributed by atoms with van der Waals surface area (Å²) >= 11 is 1.59. The molecule has 1 rings (SSSR count). The van der Waals surface area contributed by atoms with Crippen molar-refractivity contribution >= 4 is 17.5 Å². The molecule has 2 nitrogen and oxygen atoms in total. The van der Waals surface area contributed by atoms with E-state index in [1.807, 2.05) is 13.8 Å². The van der Waals surface area contributed by atoms with Gasteiger partial charge in [-0.2, -0.15) is 0 Å². The number of methoxy groups -OCH3 is 1. The second kappa shape index (κ2) is 2.55. The lowest BCUT2D eigenvalue weighted by atomic mass is 9.91. The molecule has 1 aliphatic heterocycles. The minimum Gasteiger partial charge on any atom is -0.363 e. The molecule has 0 N–H and O–H groups in total. The van der Waals surface area contributed by atoms with Crippen LogP contribution in [-0.2, 0) is 9.53 Å². The monoisotopic (exact) mass is 160 g/mol. The van der Waals surface area contributed by atoms with E-state index >= 15 is 0 Å². The normalized spacial score (nSPS) is 31.1. The first-order valence-electron chi connectivity index (χ1n) is 3.26. The van der Waals surface area contributed by atoms with Gasteiger partial charge in [0.1, 0.15) is 0 Å². The van der Waals surface area contributed by atoms with Crippen LogP contribution in [0, 0.1) is 5.41 Å². The minimum absolute atomic E-state index is 0.175. The number of rotatable bonds is 1. The van der Waals surface area contributed by atoms with Gasteiger partial charge in [-0.05, 0) is 0 Å². The first-order chi connectivity index (χ1) is 4.58.